The van der Waals surface area contributed by atoms with Crippen LogP contribution in [0.25, 0.3) is 0 Å². The lowest BCUT2D eigenvalue weighted by Crippen LogP contribution is -1.95. The zero-order chi connectivity index (χ0) is 10.8. The van der Waals surface area contributed by atoms with Crippen molar-refractivity contribution >= 4 is 0 Å². The van der Waals surface area contributed by atoms with Crippen LogP contribution in [0.2, 0.25) is 0 Å². The SMILES string of the molecule is CC.CCCCC(O)c1ccccc1. The average Bonchev–Trinajstić information content (AvgIpc) is 2.30. The van der Waals surface area contributed by atoms with Crippen LogP contribution in [0, 0.1) is 0 Å². The third-order valence-corrected chi connectivity index (χ3v) is 2.02. The number of unbranched alkanes of at least 4 members (excludes halogenated alkanes) is 1. The van der Waals surface area contributed by atoms with Gasteiger partial charge in [-0.3, -0.25) is 0 Å². The molecule has 1 aromatic rings. The Morgan fingerprint density at radius 3 is 2.21 bits per heavy atom. The smallest absolute Gasteiger partial charge is 0.0790 e. The van der Waals surface area contributed by atoms with Crippen LogP contribution in [0.4, 0.5) is 0 Å². The van der Waals surface area contributed by atoms with Gasteiger partial charge in [-0.25, -0.2) is 0 Å². The molecule has 0 aromatic heterocycles. The first kappa shape index (κ1) is 13.2. The molecule has 0 spiro atoms. The monoisotopic (exact) mass is 194 g/mol. The topological polar surface area (TPSA) is 20.2 Å². The third-order valence-electron chi connectivity index (χ3n) is 2.02. The maximum atomic E-state index is 9.65. The molecule has 0 amide bonds. The van der Waals surface area contributed by atoms with Gasteiger partial charge >= 0.3 is 0 Å². The molecule has 0 saturated heterocycles. The maximum absolute atomic E-state index is 9.65. The number of aliphatic hydroxyl groups is 1. The van der Waals surface area contributed by atoms with Crippen LogP contribution in [-0.2, 0) is 0 Å². The minimum Gasteiger partial charge on any atom is -0.388 e. The zero-order valence-corrected chi connectivity index (χ0v) is 9.53. The van der Waals surface area contributed by atoms with Gasteiger partial charge < -0.3 is 5.11 Å². The Morgan fingerprint density at radius 2 is 1.71 bits per heavy atom. The summed E-state index contributed by atoms with van der Waals surface area (Å²) >= 11 is 0. The van der Waals surface area contributed by atoms with Crippen molar-refractivity contribution in [2.45, 2.75) is 46.1 Å². The highest BCUT2D eigenvalue weighted by Crippen LogP contribution is 2.17. The molecule has 14 heavy (non-hydrogen) atoms. The van der Waals surface area contributed by atoms with Crippen molar-refractivity contribution in [3.8, 4) is 0 Å². The van der Waals surface area contributed by atoms with Crippen molar-refractivity contribution in [2.75, 3.05) is 0 Å². The molecule has 1 atom stereocenters. The summed E-state index contributed by atoms with van der Waals surface area (Å²) in [4.78, 5) is 0. The second-order valence-corrected chi connectivity index (χ2v) is 3.07. The molecule has 1 aromatic carbocycles. The fourth-order valence-electron chi connectivity index (χ4n) is 1.24. The number of benzene rings is 1. The summed E-state index contributed by atoms with van der Waals surface area (Å²) in [5, 5.41) is 9.65. The predicted octanol–water partition coefficient (Wildman–Crippen LogP) is 3.94. The first-order valence-corrected chi connectivity index (χ1v) is 5.57. The van der Waals surface area contributed by atoms with E-state index in [4.69, 9.17) is 0 Å². The number of hydrogen-bond donors (Lipinski definition) is 1. The molecule has 1 heteroatoms. The first-order chi connectivity index (χ1) is 6.84. The molecule has 1 rings (SSSR count). The van der Waals surface area contributed by atoms with Gasteiger partial charge in [0.05, 0.1) is 6.10 Å². The van der Waals surface area contributed by atoms with Crippen molar-refractivity contribution in [3.05, 3.63) is 35.9 Å². The summed E-state index contributed by atoms with van der Waals surface area (Å²) in [7, 11) is 0. The Labute approximate surface area is 87.8 Å². The minimum absolute atomic E-state index is 0.272. The molecule has 80 valence electrons. The van der Waals surface area contributed by atoms with E-state index in [0.29, 0.717) is 0 Å². The van der Waals surface area contributed by atoms with E-state index in [1.54, 1.807) is 0 Å². The van der Waals surface area contributed by atoms with Gasteiger partial charge in [0.2, 0.25) is 0 Å². The summed E-state index contributed by atoms with van der Waals surface area (Å²) in [6.07, 6.45) is 2.84. The Balaban J connectivity index is 0.000000791. The van der Waals surface area contributed by atoms with Crippen molar-refractivity contribution in [2.24, 2.45) is 0 Å². The van der Waals surface area contributed by atoms with Crippen LogP contribution in [-0.4, -0.2) is 5.11 Å². The lowest BCUT2D eigenvalue weighted by atomic mass is 10.0. The summed E-state index contributed by atoms with van der Waals surface area (Å²) in [5.74, 6) is 0. The minimum atomic E-state index is -0.272. The quantitative estimate of drug-likeness (QED) is 0.769. The van der Waals surface area contributed by atoms with E-state index in [2.05, 4.69) is 6.92 Å². The molecule has 0 aliphatic carbocycles. The number of rotatable bonds is 4. The number of aliphatic hydroxyl groups excluding tert-OH is 1. The van der Waals surface area contributed by atoms with E-state index in [0.717, 1.165) is 24.8 Å². The predicted molar refractivity (Wildman–Crippen MR) is 62.3 cm³/mol. The molecule has 0 radical (unpaired) electrons. The van der Waals surface area contributed by atoms with E-state index in [-0.39, 0.29) is 6.10 Å². The lowest BCUT2D eigenvalue weighted by molar-refractivity contribution is 0.164. The average molecular weight is 194 g/mol. The van der Waals surface area contributed by atoms with E-state index in [1.165, 1.54) is 0 Å². The fraction of sp³-hybridized carbons (Fsp3) is 0.538. The molecule has 0 saturated carbocycles. The second-order valence-electron chi connectivity index (χ2n) is 3.07. The van der Waals surface area contributed by atoms with Gasteiger partial charge in [-0.05, 0) is 12.0 Å². The largest absolute Gasteiger partial charge is 0.388 e. The lowest BCUT2D eigenvalue weighted by Gasteiger charge is -2.09. The van der Waals surface area contributed by atoms with Gasteiger partial charge in [-0.2, -0.15) is 0 Å². The molecule has 0 aliphatic rings. The third kappa shape index (κ3) is 5.03. The highest BCUT2D eigenvalue weighted by atomic mass is 16.3. The van der Waals surface area contributed by atoms with Gasteiger partial charge in [0.15, 0.2) is 0 Å². The summed E-state index contributed by atoms with van der Waals surface area (Å²) in [5.41, 5.74) is 1.03. The molecule has 0 heterocycles. The van der Waals surface area contributed by atoms with Gasteiger partial charge in [-0.15, -0.1) is 0 Å². The fourth-order valence-corrected chi connectivity index (χ4v) is 1.24. The number of hydrogen-bond acceptors (Lipinski definition) is 1. The van der Waals surface area contributed by atoms with Crippen LogP contribution >= 0.6 is 0 Å². The van der Waals surface area contributed by atoms with Crippen LogP contribution in [0.15, 0.2) is 30.3 Å². The maximum Gasteiger partial charge on any atom is 0.0790 e. The zero-order valence-electron chi connectivity index (χ0n) is 9.53. The molecule has 1 unspecified atom stereocenters. The highest BCUT2D eigenvalue weighted by Gasteiger charge is 2.04. The molecule has 0 bridgehead atoms. The van der Waals surface area contributed by atoms with Gasteiger partial charge in [0, 0.05) is 0 Å². The van der Waals surface area contributed by atoms with E-state index in [9.17, 15) is 5.11 Å². The van der Waals surface area contributed by atoms with Crippen LogP contribution < -0.4 is 0 Å². The van der Waals surface area contributed by atoms with Crippen molar-refractivity contribution < 1.29 is 5.11 Å². The van der Waals surface area contributed by atoms with E-state index in [1.807, 2.05) is 44.2 Å². The molecule has 1 nitrogen and oxygen atoms in total. The second kappa shape index (κ2) is 8.76. The van der Waals surface area contributed by atoms with Crippen LogP contribution in [0.5, 0.6) is 0 Å². The van der Waals surface area contributed by atoms with Crippen molar-refractivity contribution in [3.63, 3.8) is 0 Å². The summed E-state index contributed by atoms with van der Waals surface area (Å²) in [6, 6.07) is 9.84. The van der Waals surface area contributed by atoms with E-state index < -0.39 is 0 Å². The molecule has 0 fully saturated rings. The Kier molecular flexibility index (Phi) is 8.25. The highest BCUT2D eigenvalue weighted by molar-refractivity contribution is 5.16. The normalized spacial score (nSPS) is 11.4. The van der Waals surface area contributed by atoms with Crippen LogP contribution in [0.3, 0.4) is 0 Å². The van der Waals surface area contributed by atoms with Gasteiger partial charge in [0.1, 0.15) is 0 Å². The Morgan fingerprint density at radius 1 is 1.14 bits per heavy atom. The Hall–Kier alpha value is -0.820. The van der Waals surface area contributed by atoms with Gasteiger partial charge in [0.25, 0.3) is 0 Å². The van der Waals surface area contributed by atoms with Crippen molar-refractivity contribution in [1.29, 1.82) is 0 Å². The molecule has 1 N–H and O–H groups in total. The molecular weight excluding hydrogens is 172 g/mol. The molecule has 0 aliphatic heterocycles. The standard InChI is InChI=1S/C11H16O.C2H6/c1-2-3-9-11(12)10-7-5-4-6-8-10;1-2/h4-8,11-12H,2-3,9H2,1H3;1-2H3. The summed E-state index contributed by atoms with van der Waals surface area (Å²) in [6.45, 7) is 6.14. The first-order valence-electron chi connectivity index (χ1n) is 5.57. The van der Waals surface area contributed by atoms with E-state index >= 15 is 0 Å². The molecular formula is C13H22O. The van der Waals surface area contributed by atoms with Crippen molar-refractivity contribution in [1.82, 2.24) is 0 Å². The van der Waals surface area contributed by atoms with Crippen LogP contribution in [0.1, 0.15) is 51.7 Å². The summed E-state index contributed by atoms with van der Waals surface area (Å²) < 4.78 is 0. The Bertz CT molecular complexity index is 206. The van der Waals surface area contributed by atoms with Gasteiger partial charge in [-0.1, -0.05) is 63.9 Å².